The number of hydrogen-bond acceptors (Lipinski definition) is 3. The van der Waals surface area contributed by atoms with Crippen molar-refractivity contribution < 1.29 is 9.31 Å². The Kier molecular flexibility index (Phi) is 3.47. The highest BCUT2D eigenvalue weighted by molar-refractivity contribution is 6.62. The van der Waals surface area contributed by atoms with Crippen molar-refractivity contribution in [3.63, 3.8) is 0 Å². The van der Waals surface area contributed by atoms with Crippen LogP contribution in [0.1, 0.15) is 40.2 Å². The summed E-state index contributed by atoms with van der Waals surface area (Å²) in [5.41, 5.74) is 1.28. The fraction of sp³-hybridized carbons (Fsp3) is 0.615. The predicted octanol–water partition coefficient (Wildman–Crippen LogP) is 2.60. The molecule has 0 atom stereocenters. The zero-order valence-corrected chi connectivity index (χ0v) is 12.3. The Morgan fingerprint density at radius 3 is 2.28 bits per heavy atom. The van der Waals surface area contributed by atoms with Gasteiger partial charge in [0.1, 0.15) is 5.15 Å². The number of halogens is 1. The lowest BCUT2D eigenvalue weighted by molar-refractivity contribution is 0.00578. The summed E-state index contributed by atoms with van der Waals surface area (Å²) in [4.78, 5) is 4.20. The quantitative estimate of drug-likeness (QED) is 0.610. The SMILES string of the molecule is CCc1cc(B2OC(C)(C)C(C)(C)O2)cnc1Cl. The molecule has 1 saturated heterocycles. The first-order valence-corrected chi connectivity index (χ1v) is 6.64. The zero-order chi connectivity index (χ0) is 13.6. The Balaban J connectivity index is 2.30. The van der Waals surface area contributed by atoms with Gasteiger partial charge in [0.15, 0.2) is 0 Å². The van der Waals surface area contributed by atoms with Gasteiger partial charge < -0.3 is 9.31 Å². The predicted molar refractivity (Wildman–Crippen MR) is 74.3 cm³/mol. The Labute approximate surface area is 114 Å². The van der Waals surface area contributed by atoms with Crippen LogP contribution in [0.3, 0.4) is 0 Å². The van der Waals surface area contributed by atoms with Crippen LogP contribution in [0, 0.1) is 0 Å². The fourth-order valence-electron chi connectivity index (χ4n) is 1.87. The van der Waals surface area contributed by atoms with Crippen molar-refractivity contribution >= 4 is 24.2 Å². The van der Waals surface area contributed by atoms with Gasteiger partial charge in [0.2, 0.25) is 0 Å². The zero-order valence-electron chi connectivity index (χ0n) is 11.6. The van der Waals surface area contributed by atoms with E-state index in [2.05, 4.69) is 11.9 Å². The third kappa shape index (κ3) is 2.29. The molecule has 0 radical (unpaired) electrons. The van der Waals surface area contributed by atoms with Gasteiger partial charge in [-0.2, -0.15) is 0 Å². The van der Waals surface area contributed by atoms with Crippen LogP contribution in [0.15, 0.2) is 12.3 Å². The van der Waals surface area contributed by atoms with Crippen LogP contribution in [0.4, 0.5) is 0 Å². The molecule has 1 aliphatic rings. The monoisotopic (exact) mass is 267 g/mol. The van der Waals surface area contributed by atoms with Crippen LogP contribution >= 0.6 is 11.6 Å². The summed E-state index contributed by atoms with van der Waals surface area (Å²) in [6.45, 7) is 10.2. The minimum Gasteiger partial charge on any atom is -0.399 e. The van der Waals surface area contributed by atoms with Gasteiger partial charge in [0.25, 0.3) is 0 Å². The molecule has 1 fully saturated rings. The van der Waals surface area contributed by atoms with Gasteiger partial charge in [-0.3, -0.25) is 0 Å². The summed E-state index contributed by atoms with van der Waals surface area (Å²) in [5.74, 6) is 0. The van der Waals surface area contributed by atoms with E-state index in [1.165, 1.54) is 0 Å². The molecule has 0 spiro atoms. The Morgan fingerprint density at radius 1 is 1.22 bits per heavy atom. The van der Waals surface area contributed by atoms with E-state index in [4.69, 9.17) is 20.9 Å². The molecule has 0 unspecified atom stereocenters. The summed E-state index contributed by atoms with van der Waals surface area (Å²) in [7, 11) is -0.370. The number of pyridine rings is 1. The van der Waals surface area contributed by atoms with Crippen molar-refractivity contribution in [3.8, 4) is 0 Å². The highest BCUT2D eigenvalue weighted by Crippen LogP contribution is 2.36. The van der Waals surface area contributed by atoms with Crippen molar-refractivity contribution in [2.75, 3.05) is 0 Å². The number of aryl methyl sites for hydroxylation is 1. The van der Waals surface area contributed by atoms with E-state index in [0.29, 0.717) is 5.15 Å². The summed E-state index contributed by atoms with van der Waals surface area (Å²) < 4.78 is 12.0. The van der Waals surface area contributed by atoms with E-state index in [1.54, 1.807) is 6.20 Å². The van der Waals surface area contributed by atoms with Crippen molar-refractivity contribution in [2.24, 2.45) is 0 Å². The molecule has 1 aromatic heterocycles. The molecular formula is C13H19BClNO2. The Hall–Kier alpha value is -0.575. The number of nitrogens with zero attached hydrogens (tertiary/aromatic N) is 1. The second-order valence-electron chi connectivity index (χ2n) is 5.66. The van der Waals surface area contributed by atoms with E-state index in [0.717, 1.165) is 17.4 Å². The average molecular weight is 268 g/mol. The van der Waals surface area contributed by atoms with Crippen LogP contribution < -0.4 is 5.46 Å². The van der Waals surface area contributed by atoms with Crippen molar-refractivity contribution in [3.05, 3.63) is 23.0 Å². The first-order chi connectivity index (χ1) is 8.27. The van der Waals surface area contributed by atoms with Crippen LogP contribution in [-0.2, 0) is 15.7 Å². The molecule has 98 valence electrons. The first kappa shape index (κ1) is 13.8. The highest BCUT2D eigenvalue weighted by Gasteiger charge is 2.51. The molecule has 0 N–H and O–H groups in total. The maximum absolute atomic E-state index is 6.02. The summed E-state index contributed by atoms with van der Waals surface area (Å²) >= 11 is 6.02. The fourth-order valence-corrected chi connectivity index (χ4v) is 2.11. The number of hydrogen-bond donors (Lipinski definition) is 0. The third-order valence-electron chi connectivity index (χ3n) is 3.84. The van der Waals surface area contributed by atoms with Crippen LogP contribution in [-0.4, -0.2) is 23.3 Å². The van der Waals surface area contributed by atoms with Crippen LogP contribution in [0.5, 0.6) is 0 Å². The lowest BCUT2D eigenvalue weighted by Crippen LogP contribution is -2.41. The van der Waals surface area contributed by atoms with Gasteiger partial charge in [-0.25, -0.2) is 4.98 Å². The van der Waals surface area contributed by atoms with Crippen LogP contribution in [0.25, 0.3) is 0 Å². The molecule has 0 amide bonds. The van der Waals surface area contributed by atoms with Crippen molar-refractivity contribution in [1.29, 1.82) is 0 Å². The van der Waals surface area contributed by atoms with E-state index in [-0.39, 0.29) is 18.3 Å². The normalized spacial score (nSPS) is 21.3. The lowest BCUT2D eigenvalue weighted by atomic mass is 9.79. The lowest BCUT2D eigenvalue weighted by Gasteiger charge is -2.32. The van der Waals surface area contributed by atoms with Crippen LogP contribution in [0.2, 0.25) is 5.15 Å². The van der Waals surface area contributed by atoms with Gasteiger partial charge in [-0.1, -0.05) is 24.6 Å². The molecule has 0 bridgehead atoms. The van der Waals surface area contributed by atoms with Gasteiger partial charge in [0, 0.05) is 11.7 Å². The maximum Gasteiger partial charge on any atom is 0.496 e. The molecule has 0 aromatic carbocycles. The highest BCUT2D eigenvalue weighted by atomic mass is 35.5. The molecule has 5 heteroatoms. The molecule has 1 aromatic rings. The van der Waals surface area contributed by atoms with E-state index in [9.17, 15) is 0 Å². The molecule has 0 saturated carbocycles. The topological polar surface area (TPSA) is 31.4 Å². The van der Waals surface area contributed by atoms with E-state index in [1.807, 2.05) is 33.8 Å². The Bertz CT molecular complexity index is 446. The van der Waals surface area contributed by atoms with Gasteiger partial charge >= 0.3 is 7.12 Å². The van der Waals surface area contributed by atoms with Crippen molar-refractivity contribution in [2.45, 2.75) is 52.2 Å². The summed E-state index contributed by atoms with van der Waals surface area (Å²) in [6, 6.07) is 2.01. The molecule has 2 rings (SSSR count). The smallest absolute Gasteiger partial charge is 0.399 e. The van der Waals surface area contributed by atoms with Crippen molar-refractivity contribution in [1.82, 2.24) is 4.98 Å². The van der Waals surface area contributed by atoms with E-state index < -0.39 is 0 Å². The Morgan fingerprint density at radius 2 is 1.78 bits per heavy atom. The average Bonchev–Trinajstić information content (AvgIpc) is 2.49. The standard InChI is InChI=1S/C13H19BClNO2/c1-6-9-7-10(8-16-11(9)15)14-17-12(2,3)13(4,5)18-14/h7-8H,6H2,1-5H3. The van der Waals surface area contributed by atoms with Gasteiger partial charge in [-0.05, 0) is 39.7 Å². The number of rotatable bonds is 2. The number of aromatic nitrogens is 1. The molecule has 18 heavy (non-hydrogen) atoms. The first-order valence-electron chi connectivity index (χ1n) is 6.27. The minimum absolute atomic E-state index is 0.330. The molecule has 1 aliphatic heterocycles. The maximum atomic E-state index is 6.02. The molecule has 3 nitrogen and oxygen atoms in total. The molecular weight excluding hydrogens is 248 g/mol. The minimum atomic E-state index is -0.370. The largest absolute Gasteiger partial charge is 0.496 e. The summed E-state index contributed by atoms with van der Waals surface area (Å²) in [5, 5.41) is 0.553. The molecule has 0 aliphatic carbocycles. The summed E-state index contributed by atoms with van der Waals surface area (Å²) in [6.07, 6.45) is 2.57. The molecule has 2 heterocycles. The van der Waals surface area contributed by atoms with E-state index >= 15 is 0 Å². The second kappa shape index (κ2) is 4.51. The van der Waals surface area contributed by atoms with Gasteiger partial charge in [0.05, 0.1) is 11.2 Å². The second-order valence-corrected chi connectivity index (χ2v) is 6.02. The third-order valence-corrected chi connectivity index (χ3v) is 4.18. The van der Waals surface area contributed by atoms with Gasteiger partial charge in [-0.15, -0.1) is 0 Å².